The van der Waals surface area contributed by atoms with Gasteiger partial charge in [-0.1, -0.05) is 0 Å². The summed E-state index contributed by atoms with van der Waals surface area (Å²) in [5.41, 5.74) is 6.58. The monoisotopic (exact) mass is 345 g/mol. The summed E-state index contributed by atoms with van der Waals surface area (Å²) < 4.78 is 17.6. The number of hydrogen-bond acceptors (Lipinski definition) is 9. The second-order valence-electron chi connectivity index (χ2n) is 4.97. The van der Waals surface area contributed by atoms with E-state index in [4.69, 9.17) is 31.3 Å². The van der Waals surface area contributed by atoms with Gasteiger partial charge in [0.1, 0.15) is 30.2 Å². The number of nitrogens with two attached hydrogens (primary N) is 1. The number of aromatic nitrogens is 4. The molecule has 0 bridgehead atoms. The molecule has 22 heavy (non-hydrogen) atoms. The van der Waals surface area contributed by atoms with Crippen molar-refractivity contribution < 1.29 is 23.8 Å². The quantitative estimate of drug-likeness (QED) is 0.569. The molecule has 0 saturated carbocycles. The maximum Gasteiger partial charge on any atom is 0.325 e. The number of fused-ring (bicyclic) bond motifs is 2. The Hall–Kier alpha value is -1.20. The first-order chi connectivity index (χ1) is 10.5. The minimum atomic E-state index is -3.33. The molecule has 0 aliphatic carbocycles. The maximum absolute atomic E-state index is 10.4. The van der Waals surface area contributed by atoms with E-state index in [0.29, 0.717) is 11.2 Å². The van der Waals surface area contributed by atoms with Crippen LogP contribution in [0.4, 0.5) is 5.82 Å². The largest absolute Gasteiger partial charge is 0.386 e. The lowest BCUT2D eigenvalue weighted by Gasteiger charge is -2.30. The molecule has 0 aromatic carbocycles. The maximum atomic E-state index is 10.4. The molecule has 4 heterocycles. The Bertz CT molecular complexity index is 786. The number of imidazole rings is 1. The fraction of sp³-hybridized carbons (Fsp3) is 0.500. The summed E-state index contributed by atoms with van der Waals surface area (Å²) in [5, 5.41) is 10.4. The van der Waals surface area contributed by atoms with Gasteiger partial charge >= 0.3 is 6.72 Å². The summed E-state index contributed by atoms with van der Waals surface area (Å²) in [4.78, 5) is 21.8. The normalized spacial score (nSPS) is 38.3. The molecule has 4 N–H and O–H groups in total. The lowest BCUT2D eigenvalue weighted by atomic mass is 10.1. The standard InChI is InChI=1S/C10H12N5O5PS/c11-8-5-9(13-2-12-8)15(3-14-5)10-6(16)7-4(19-10)1-18-21(17,22)20-7/h2-4,6-7,10,16H,1H2,(H,17,22)(H2,11,12,13)/t4?,6?,7-,10?,21?/m0/s1. The highest BCUT2D eigenvalue weighted by atomic mass is 32.5. The third kappa shape index (κ3) is 2.14. The molecular weight excluding hydrogens is 333 g/mol. The van der Waals surface area contributed by atoms with Crippen LogP contribution in [0, 0.1) is 0 Å². The minimum Gasteiger partial charge on any atom is -0.386 e. The molecule has 2 fully saturated rings. The van der Waals surface area contributed by atoms with Crippen LogP contribution in [0.3, 0.4) is 0 Å². The number of aliphatic hydroxyl groups excluding tert-OH is 1. The van der Waals surface area contributed by atoms with Crippen molar-refractivity contribution in [2.24, 2.45) is 0 Å². The van der Waals surface area contributed by atoms with E-state index in [2.05, 4.69) is 15.0 Å². The summed E-state index contributed by atoms with van der Waals surface area (Å²) in [5.74, 6) is 0.235. The molecule has 0 amide bonds. The van der Waals surface area contributed by atoms with Gasteiger partial charge in [-0.3, -0.25) is 9.09 Å². The van der Waals surface area contributed by atoms with Gasteiger partial charge in [-0.05, 0) is 11.8 Å². The van der Waals surface area contributed by atoms with E-state index in [1.54, 1.807) is 4.57 Å². The molecule has 4 unspecified atom stereocenters. The molecule has 0 radical (unpaired) electrons. The molecule has 2 aromatic rings. The second kappa shape index (κ2) is 4.90. The lowest BCUT2D eigenvalue weighted by Crippen LogP contribution is -2.39. The van der Waals surface area contributed by atoms with Crippen LogP contribution in [0.2, 0.25) is 0 Å². The Labute approximate surface area is 129 Å². The molecule has 2 saturated heterocycles. The van der Waals surface area contributed by atoms with Crippen LogP contribution in [0.25, 0.3) is 11.2 Å². The lowest BCUT2D eigenvalue weighted by molar-refractivity contribution is -0.0593. The molecule has 2 aliphatic rings. The predicted molar refractivity (Wildman–Crippen MR) is 77.0 cm³/mol. The number of ether oxygens (including phenoxy) is 1. The zero-order valence-electron chi connectivity index (χ0n) is 11.0. The van der Waals surface area contributed by atoms with Crippen LogP contribution in [0.5, 0.6) is 0 Å². The first-order valence-corrected chi connectivity index (χ1v) is 8.97. The summed E-state index contributed by atoms with van der Waals surface area (Å²) >= 11 is 4.80. The van der Waals surface area contributed by atoms with Gasteiger partial charge in [0.2, 0.25) is 0 Å². The number of rotatable bonds is 1. The molecule has 118 valence electrons. The van der Waals surface area contributed by atoms with E-state index >= 15 is 0 Å². The first kappa shape index (κ1) is 14.4. The fourth-order valence-electron chi connectivity index (χ4n) is 2.62. The summed E-state index contributed by atoms with van der Waals surface area (Å²) in [6, 6.07) is 0. The van der Waals surface area contributed by atoms with E-state index in [1.807, 2.05) is 0 Å². The van der Waals surface area contributed by atoms with Crippen LogP contribution in [0.1, 0.15) is 6.23 Å². The van der Waals surface area contributed by atoms with Gasteiger partial charge in [0.05, 0.1) is 12.9 Å². The molecule has 2 aromatic heterocycles. The van der Waals surface area contributed by atoms with Crippen molar-refractivity contribution in [1.82, 2.24) is 19.5 Å². The predicted octanol–water partition coefficient (Wildman–Crippen LogP) is -0.701. The SMILES string of the molecule is Nc1ncnc2c1ncn2C1OC2COP(O)(=S)O[C@@H]2C1O. The average molecular weight is 345 g/mol. The zero-order valence-corrected chi connectivity index (χ0v) is 12.7. The Morgan fingerprint density at radius 1 is 1.41 bits per heavy atom. The zero-order chi connectivity index (χ0) is 15.5. The average Bonchev–Trinajstić information content (AvgIpc) is 3.01. The fourth-order valence-corrected chi connectivity index (χ4v) is 4.07. The van der Waals surface area contributed by atoms with Crippen molar-refractivity contribution in [2.75, 3.05) is 12.3 Å². The Balaban J connectivity index is 1.71. The summed E-state index contributed by atoms with van der Waals surface area (Å²) in [6.45, 7) is -3.28. The highest BCUT2D eigenvalue weighted by molar-refractivity contribution is 8.07. The summed E-state index contributed by atoms with van der Waals surface area (Å²) in [7, 11) is 0. The number of anilines is 1. The van der Waals surface area contributed by atoms with E-state index in [0.717, 1.165) is 0 Å². The van der Waals surface area contributed by atoms with E-state index < -0.39 is 31.3 Å². The van der Waals surface area contributed by atoms with Crippen molar-refractivity contribution in [3.63, 3.8) is 0 Å². The molecule has 12 heteroatoms. The minimum absolute atomic E-state index is 0.0513. The third-order valence-corrected chi connectivity index (χ3v) is 5.19. The molecule has 5 atom stereocenters. The van der Waals surface area contributed by atoms with Crippen molar-refractivity contribution >= 4 is 35.5 Å². The topological polar surface area (TPSA) is 138 Å². The van der Waals surface area contributed by atoms with Gasteiger partial charge < -0.3 is 25.0 Å². The van der Waals surface area contributed by atoms with Crippen molar-refractivity contribution in [3.05, 3.63) is 12.7 Å². The molecule has 10 nitrogen and oxygen atoms in total. The van der Waals surface area contributed by atoms with Gasteiger partial charge in [-0.25, -0.2) is 15.0 Å². The molecular formula is C10H12N5O5PS. The first-order valence-electron chi connectivity index (χ1n) is 6.38. The van der Waals surface area contributed by atoms with E-state index in [9.17, 15) is 10.00 Å². The summed E-state index contributed by atoms with van der Waals surface area (Å²) in [6.07, 6.45) is -0.414. The van der Waals surface area contributed by atoms with Crippen LogP contribution >= 0.6 is 6.72 Å². The van der Waals surface area contributed by atoms with Gasteiger partial charge in [0.15, 0.2) is 17.7 Å². The van der Waals surface area contributed by atoms with Crippen molar-refractivity contribution in [1.29, 1.82) is 0 Å². The van der Waals surface area contributed by atoms with Gasteiger partial charge in [0, 0.05) is 0 Å². The van der Waals surface area contributed by atoms with Crippen LogP contribution in [-0.2, 0) is 25.6 Å². The van der Waals surface area contributed by atoms with Crippen LogP contribution < -0.4 is 5.73 Å². The Morgan fingerprint density at radius 2 is 2.23 bits per heavy atom. The highest BCUT2D eigenvalue weighted by Gasteiger charge is 2.51. The Kier molecular flexibility index (Phi) is 3.20. The molecule has 0 spiro atoms. The van der Waals surface area contributed by atoms with Crippen LogP contribution in [0.15, 0.2) is 12.7 Å². The van der Waals surface area contributed by atoms with Crippen molar-refractivity contribution in [2.45, 2.75) is 24.5 Å². The van der Waals surface area contributed by atoms with Gasteiger partial charge in [-0.2, -0.15) is 0 Å². The molecule has 2 aliphatic heterocycles. The van der Waals surface area contributed by atoms with E-state index in [-0.39, 0.29) is 12.4 Å². The van der Waals surface area contributed by atoms with Gasteiger partial charge in [-0.15, -0.1) is 0 Å². The number of nitrogens with zero attached hydrogens (tertiary/aromatic N) is 4. The highest BCUT2D eigenvalue weighted by Crippen LogP contribution is 2.52. The number of nitrogen functional groups attached to an aromatic ring is 1. The third-order valence-electron chi connectivity index (χ3n) is 3.63. The van der Waals surface area contributed by atoms with Gasteiger partial charge in [0.25, 0.3) is 0 Å². The molecule has 4 rings (SSSR count). The number of hydrogen-bond donors (Lipinski definition) is 3. The second-order valence-corrected chi connectivity index (χ2v) is 7.76. The van der Waals surface area contributed by atoms with E-state index in [1.165, 1.54) is 12.7 Å². The van der Waals surface area contributed by atoms with Crippen molar-refractivity contribution in [3.8, 4) is 0 Å². The Morgan fingerprint density at radius 3 is 3.05 bits per heavy atom. The smallest absolute Gasteiger partial charge is 0.325 e. The number of aliphatic hydroxyl groups is 1. The van der Waals surface area contributed by atoms with Crippen LogP contribution in [-0.4, -0.2) is 54.4 Å².